The van der Waals surface area contributed by atoms with Gasteiger partial charge in [-0.1, -0.05) is 12.1 Å². The van der Waals surface area contributed by atoms with Crippen LogP contribution in [0.25, 0.3) is 32.9 Å². The van der Waals surface area contributed by atoms with Gasteiger partial charge in [-0.25, -0.2) is 4.98 Å². The molecule has 1 N–H and O–H groups in total. The fraction of sp³-hybridized carbons (Fsp3) is 0.341. The molecule has 13 nitrogen and oxygen atoms in total. The van der Waals surface area contributed by atoms with Crippen LogP contribution in [0.1, 0.15) is 65.7 Å². The third-order valence-corrected chi connectivity index (χ3v) is 10.4. The molecular weight excluding hydrogens is 733 g/mol. The topological polar surface area (TPSA) is 151 Å². The molecule has 1 aliphatic carbocycles. The van der Waals surface area contributed by atoms with Crippen molar-refractivity contribution >= 4 is 45.4 Å². The minimum absolute atomic E-state index is 0. The number of amides is 4. The number of carbonyl (C=O) groups is 4. The number of aromatic nitrogens is 3. The second-order valence-corrected chi connectivity index (χ2v) is 14.2. The van der Waals surface area contributed by atoms with Crippen LogP contribution >= 0.6 is 0 Å². The van der Waals surface area contributed by atoms with Gasteiger partial charge in [0.2, 0.25) is 17.7 Å². The number of fused-ring (bicyclic) bond motifs is 4. The van der Waals surface area contributed by atoms with E-state index in [4.69, 9.17) is 18.9 Å². The first-order chi connectivity index (χ1) is 27.7. The van der Waals surface area contributed by atoms with Crippen LogP contribution in [-0.2, 0) is 26.1 Å². The summed E-state index contributed by atoms with van der Waals surface area (Å²) in [6.07, 6.45) is 10.4. The Morgan fingerprint density at radius 3 is 2.33 bits per heavy atom. The maximum absolute atomic E-state index is 12.7. The zero-order valence-corrected chi connectivity index (χ0v) is 33.0. The number of imide groups is 2. The van der Waals surface area contributed by atoms with Crippen molar-refractivity contribution in [2.75, 3.05) is 19.8 Å². The van der Waals surface area contributed by atoms with Crippen LogP contribution < -0.4 is 33.7 Å². The van der Waals surface area contributed by atoms with Crippen LogP contribution in [0.15, 0.2) is 73.2 Å². The predicted molar refractivity (Wildman–Crippen MR) is 213 cm³/mol. The standard InChI is InChI=1S/C26H27N3O2.C18H19N2O6.Li/c1-4-19(5-2)30-20-13-21(14-20)31-26-9-7-18(15-28-26)17-6-8-22-23-16-27-11-10-24(23)29(3)25(22)12-17;1-2-7-25-8-9-26-11-3-4-12-13(10-11)18(24)20(17(12)23)14-5-6-15(21)19-16(14)22;/h6-12,15-16,19-21H,1-2,4-5,13-14H2,3H3;3-4,10,14H,1-2,5-9H2,(H,19,21,22);/q-2;-1;+1. The van der Waals surface area contributed by atoms with E-state index in [1.165, 1.54) is 33.9 Å². The van der Waals surface area contributed by atoms with E-state index >= 15 is 0 Å². The molecule has 1 atom stereocenters. The summed E-state index contributed by atoms with van der Waals surface area (Å²) < 4.78 is 25.0. The number of pyridine rings is 2. The van der Waals surface area contributed by atoms with Gasteiger partial charge in [-0.3, -0.25) is 34.4 Å². The van der Waals surface area contributed by atoms with Crippen molar-refractivity contribution in [2.24, 2.45) is 7.05 Å². The van der Waals surface area contributed by atoms with Crippen molar-refractivity contribution in [3.8, 4) is 22.8 Å². The molecule has 1 saturated heterocycles. The van der Waals surface area contributed by atoms with Crippen molar-refractivity contribution in [1.29, 1.82) is 0 Å². The fourth-order valence-electron chi connectivity index (χ4n) is 7.26. The minimum atomic E-state index is -0.972. The zero-order chi connectivity index (χ0) is 40.1. The maximum Gasteiger partial charge on any atom is 1.00 e. The molecule has 0 bridgehead atoms. The van der Waals surface area contributed by atoms with E-state index in [1.54, 1.807) is 6.07 Å². The average Bonchev–Trinajstić information content (AvgIpc) is 3.63. The molecule has 2 aliphatic heterocycles. The fourth-order valence-corrected chi connectivity index (χ4v) is 7.26. The Balaban J connectivity index is 0.000000195. The molecule has 298 valence electrons. The van der Waals surface area contributed by atoms with E-state index < -0.39 is 29.7 Å². The Morgan fingerprint density at radius 1 is 0.828 bits per heavy atom. The Labute approximate surface area is 349 Å². The van der Waals surface area contributed by atoms with Crippen molar-refractivity contribution in [3.05, 3.63) is 105 Å². The molecule has 4 amide bonds. The van der Waals surface area contributed by atoms with Crippen LogP contribution in [0.3, 0.4) is 0 Å². The Hall–Kier alpha value is -5.06. The number of hydrogen-bond donors (Lipinski definition) is 1. The summed E-state index contributed by atoms with van der Waals surface area (Å²) in [5.41, 5.74) is 4.99. The minimum Gasteiger partial charge on any atom is -0.491 e. The molecule has 58 heavy (non-hydrogen) atoms. The molecular formula is C44H46LiN5O8-2. The van der Waals surface area contributed by atoms with E-state index in [-0.39, 0.29) is 61.1 Å². The summed E-state index contributed by atoms with van der Waals surface area (Å²) >= 11 is 0. The first kappa shape index (κ1) is 42.5. The van der Waals surface area contributed by atoms with Crippen molar-refractivity contribution in [3.63, 3.8) is 0 Å². The molecule has 0 spiro atoms. The zero-order valence-electron chi connectivity index (χ0n) is 33.0. The van der Waals surface area contributed by atoms with Gasteiger partial charge in [0.15, 0.2) is 0 Å². The summed E-state index contributed by atoms with van der Waals surface area (Å²) in [5, 5.41) is 4.55. The van der Waals surface area contributed by atoms with E-state index in [2.05, 4.69) is 78.0 Å². The first-order valence-electron chi connectivity index (χ1n) is 19.2. The molecule has 3 aliphatic rings. The molecule has 8 rings (SSSR count). The Bertz CT molecular complexity index is 2270. The third kappa shape index (κ3) is 9.13. The van der Waals surface area contributed by atoms with Crippen LogP contribution in [0, 0.1) is 20.8 Å². The van der Waals surface area contributed by atoms with Crippen molar-refractivity contribution in [1.82, 2.24) is 24.8 Å². The molecule has 2 aromatic carbocycles. The number of nitrogens with zero attached hydrogens (tertiary/aromatic N) is 4. The monoisotopic (exact) mass is 779 g/mol. The second kappa shape index (κ2) is 19.1. The number of rotatable bonds is 14. The summed E-state index contributed by atoms with van der Waals surface area (Å²) in [4.78, 5) is 58.2. The molecule has 14 heteroatoms. The molecule has 0 radical (unpaired) electrons. The molecule has 2 fully saturated rings. The Morgan fingerprint density at radius 2 is 1.60 bits per heavy atom. The smallest absolute Gasteiger partial charge is 0.491 e. The SMILES string of the molecule is [CH2-]CC(C[CH2-])OC1CC(Oc2ccc(-c3ccc4c5cnccc5n(C)c4c3)cn2)C1.[CH2-]CCOCCOc1ccc2c(c1)C(=O)N(C1CCC(=O)NC1=O)C2=O.[Li+]. The second-order valence-electron chi connectivity index (χ2n) is 14.2. The van der Waals surface area contributed by atoms with Gasteiger partial charge in [0.05, 0.1) is 29.4 Å². The van der Waals surface area contributed by atoms with Gasteiger partial charge in [-0.05, 0) is 48.4 Å². The number of ether oxygens (including phenoxy) is 4. The van der Waals surface area contributed by atoms with Crippen molar-refractivity contribution < 1.29 is 57.0 Å². The van der Waals surface area contributed by atoms with E-state index in [0.717, 1.165) is 41.7 Å². The van der Waals surface area contributed by atoms with Crippen LogP contribution in [0.2, 0.25) is 0 Å². The normalized spacial score (nSPS) is 18.7. The number of benzene rings is 2. The predicted octanol–water partition coefficient (Wildman–Crippen LogP) is 3.24. The number of carbonyl (C=O) groups excluding carboxylic acids is 4. The van der Waals surface area contributed by atoms with Gasteiger partial charge in [-0.2, -0.15) is 19.3 Å². The van der Waals surface area contributed by atoms with Gasteiger partial charge in [0, 0.05) is 85.5 Å². The molecule has 5 aromatic rings. The quantitative estimate of drug-likeness (QED) is 0.0771. The van der Waals surface area contributed by atoms with E-state index in [1.807, 2.05) is 24.7 Å². The number of piperidine rings is 1. The Kier molecular flexibility index (Phi) is 14.0. The summed E-state index contributed by atoms with van der Waals surface area (Å²) in [6, 6.07) is 16.2. The average molecular weight is 780 g/mol. The molecule has 1 saturated carbocycles. The van der Waals surface area contributed by atoms with Crippen LogP contribution in [-0.4, -0.2) is 87.2 Å². The first-order valence-corrected chi connectivity index (χ1v) is 19.2. The number of aryl methyl sites for hydroxylation is 1. The molecule has 1 unspecified atom stereocenters. The van der Waals surface area contributed by atoms with Crippen LogP contribution in [0.4, 0.5) is 0 Å². The van der Waals surface area contributed by atoms with E-state index in [9.17, 15) is 19.2 Å². The largest absolute Gasteiger partial charge is 1.00 e. The van der Waals surface area contributed by atoms with Gasteiger partial charge >= 0.3 is 18.9 Å². The van der Waals surface area contributed by atoms with Crippen molar-refractivity contribution in [2.45, 2.75) is 69.3 Å². The summed E-state index contributed by atoms with van der Waals surface area (Å²) in [7, 11) is 2.09. The number of hydrogen-bond acceptors (Lipinski definition) is 10. The van der Waals surface area contributed by atoms with E-state index in [0.29, 0.717) is 37.9 Å². The van der Waals surface area contributed by atoms with Gasteiger partial charge in [0.25, 0.3) is 11.8 Å². The summed E-state index contributed by atoms with van der Waals surface area (Å²) in [6.45, 7) is 12.7. The van der Waals surface area contributed by atoms with Crippen LogP contribution in [0.5, 0.6) is 11.6 Å². The maximum atomic E-state index is 12.7. The molecule has 5 heterocycles. The van der Waals surface area contributed by atoms with Gasteiger partial charge in [-0.15, -0.1) is 0 Å². The number of nitrogens with one attached hydrogen (secondary N) is 1. The van der Waals surface area contributed by atoms with Gasteiger partial charge < -0.3 is 44.3 Å². The third-order valence-electron chi connectivity index (χ3n) is 10.4. The molecule has 3 aromatic heterocycles. The summed E-state index contributed by atoms with van der Waals surface area (Å²) in [5.74, 6) is -1.03. The van der Waals surface area contributed by atoms with Gasteiger partial charge in [0.1, 0.15) is 24.5 Å².